The first-order valence-corrected chi connectivity index (χ1v) is 10.9. The highest BCUT2D eigenvalue weighted by Gasteiger charge is 2.20. The summed E-state index contributed by atoms with van der Waals surface area (Å²) in [5.74, 6) is -0.121. The predicted octanol–water partition coefficient (Wildman–Crippen LogP) is 5.50. The number of hydrogen-bond donors (Lipinski definition) is 3. The van der Waals surface area contributed by atoms with E-state index in [1.165, 1.54) is 6.42 Å². The number of nitrogens with one attached hydrogen (secondary N) is 3. The van der Waals surface area contributed by atoms with Crippen molar-refractivity contribution in [1.29, 1.82) is 0 Å². The maximum atomic E-state index is 13.0. The van der Waals surface area contributed by atoms with Gasteiger partial charge in [0.15, 0.2) is 0 Å². The average Bonchev–Trinajstić information content (AvgIpc) is 2.74. The Hall–Kier alpha value is -2.73. The van der Waals surface area contributed by atoms with Gasteiger partial charge >= 0.3 is 6.03 Å². The highest BCUT2D eigenvalue weighted by molar-refractivity contribution is 6.30. The summed E-state index contributed by atoms with van der Waals surface area (Å²) in [6, 6.07) is 12.1. The van der Waals surface area contributed by atoms with Crippen LogP contribution < -0.4 is 20.9 Å². The van der Waals surface area contributed by atoms with E-state index in [2.05, 4.69) is 20.9 Å². The van der Waals surface area contributed by atoms with Crippen molar-refractivity contribution in [3.8, 4) is 0 Å². The van der Waals surface area contributed by atoms with Crippen LogP contribution in [0.3, 0.4) is 0 Å². The zero-order valence-corrected chi connectivity index (χ0v) is 18.3. The molecule has 0 radical (unpaired) electrons. The molecule has 3 amide bonds. The maximum Gasteiger partial charge on any atom is 0.323 e. The molecule has 0 saturated carbocycles. The molecule has 3 N–H and O–H groups in total. The fourth-order valence-electron chi connectivity index (χ4n) is 3.47. The Morgan fingerprint density at radius 2 is 1.73 bits per heavy atom. The third-order valence-electron chi connectivity index (χ3n) is 5.27. The molecule has 1 aliphatic rings. The summed E-state index contributed by atoms with van der Waals surface area (Å²) in [5, 5.41) is 9.15. The van der Waals surface area contributed by atoms with Crippen molar-refractivity contribution in [1.82, 2.24) is 5.32 Å². The molecule has 0 aromatic heterocycles. The summed E-state index contributed by atoms with van der Waals surface area (Å²) < 4.78 is 0. The molecule has 1 fully saturated rings. The number of nitrogens with zero attached hydrogens (tertiary/aromatic N) is 1. The molecule has 1 heterocycles. The predicted molar refractivity (Wildman–Crippen MR) is 124 cm³/mol. The summed E-state index contributed by atoms with van der Waals surface area (Å²) in [6.45, 7) is 5.89. The minimum Gasteiger partial charge on any atom is -0.371 e. The lowest BCUT2D eigenvalue weighted by molar-refractivity contribution is 0.0939. The van der Waals surface area contributed by atoms with Gasteiger partial charge in [-0.1, -0.05) is 24.6 Å². The van der Waals surface area contributed by atoms with Crippen LogP contribution in [-0.4, -0.2) is 31.1 Å². The number of amides is 3. The molecule has 1 saturated heterocycles. The van der Waals surface area contributed by atoms with Gasteiger partial charge in [0.2, 0.25) is 0 Å². The molecule has 7 heteroatoms. The third kappa shape index (κ3) is 5.89. The summed E-state index contributed by atoms with van der Waals surface area (Å²) in [4.78, 5) is 27.6. The van der Waals surface area contributed by atoms with E-state index in [1.807, 2.05) is 26.0 Å². The van der Waals surface area contributed by atoms with Crippen molar-refractivity contribution in [2.45, 2.75) is 45.6 Å². The van der Waals surface area contributed by atoms with Crippen LogP contribution in [0.15, 0.2) is 42.5 Å². The van der Waals surface area contributed by atoms with Crippen molar-refractivity contribution in [3.63, 3.8) is 0 Å². The fraction of sp³-hybridized carbons (Fsp3) is 0.391. The number of hydrogen-bond acceptors (Lipinski definition) is 3. The highest BCUT2D eigenvalue weighted by atomic mass is 35.5. The molecule has 6 nitrogen and oxygen atoms in total. The van der Waals surface area contributed by atoms with Gasteiger partial charge in [0.05, 0.1) is 5.56 Å². The lowest BCUT2D eigenvalue weighted by atomic mass is 10.1. The molecule has 1 unspecified atom stereocenters. The Morgan fingerprint density at radius 1 is 1.03 bits per heavy atom. The molecule has 1 atom stereocenters. The van der Waals surface area contributed by atoms with Gasteiger partial charge in [-0.2, -0.15) is 0 Å². The normalized spacial score (nSPS) is 14.7. The van der Waals surface area contributed by atoms with Gasteiger partial charge < -0.3 is 20.9 Å². The largest absolute Gasteiger partial charge is 0.371 e. The average molecular weight is 429 g/mol. The number of benzene rings is 2. The second kappa shape index (κ2) is 10.3. The van der Waals surface area contributed by atoms with Crippen LogP contribution in [0.2, 0.25) is 5.02 Å². The van der Waals surface area contributed by atoms with Crippen LogP contribution in [0.5, 0.6) is 0 Å². The number of carbonyl (C=O) groups excluding carboxylic acids is 2. The summed E-state index contributed by atoms with van der Waals surface area (Å²) in [5.41, 5.74) is 2.65. The third-order valence-corrected chi connectivity index (χ3v) is 5.50. The Kier molecular flexibility index (Phi) is 7.57. The van der Waals surface area contributed by atoms with Gasteiger partial charge in [0.1, 0.15) is 0 Å². The molecule has 2 aromatic rings. The van der Waals surface area contributed by atoms with Crippen LogP contribution in [0.4, 0.5) is 21.9 Å². The minimum absolute atomic E-state index is 0.0782. The summed E-state index contributed by atoms with van der Waals surface area (Å²) in [6.07, 6.45) is 4.31. The summed E-state index contributed by atoms with van der Waals surface area (Å²) >= 11 is 5.97. The van der Waals surface area contributed by atoms with Crippen molar-refractivity contribution < 1.29 is 9.59 Å². The molecule has 0 aliphatic carbocycles. The molecular weight excluding hydrogens is 400 g/mol. The minimum atomic E-state index is -0.392. The van der Waals surface area contributed by atoms with Crippen LogP contribution in [0, 0.1) is 0 Å². The standard InChI is InChI=1S/C23H29ClN4O2/c1-3-16(2)25-22(29)20-15-19(10-11-21(20)28-12-5-4-6-13-28)27-23(30)26-18-9-7-8-17(24)14-18/h7-11,14-16H,3-6,12-13H2,1-2H3,(H,25,29)(H2,26,27,30). The molecule has 2 aromatic carbocycles. The maximum absolute atomic E-state index is 13.0. The zero-order chi connectivity index (χ0) is 21.5. The van der Waals surface area contributed by atoms with E-state index in [1.54, 1.807) is 30.3 Å². The number of carbonyl (C=O) groups is 2. The van der Waals surface area contributed by atoms with Crippen LogP contribution in [-0.2, 0) is 0 Å². The topological polar surface area (TPSA) is 73.5 Å². The number of anilines is 3. The van der Waals surface area contributed by atoms with E-state index in [0.717, 1.165) is 38.0 Å². The zero-order valence-electron chi connectivity index (χ0n) is 17.5. The van der Waals surface area contributed by atoms with E-state index in [0.29, 0.717) is 22.0 Å². The monoisotopic (exact) mass is 428 g/mol. The Balaban J connectivity index is 1.80. The molecule has 1 aliphatic heterocycles. The number of halogens is 1. The molecule has 0 bridgehead atoms. The van der Waals surface area contributed by atoms with E-state index < -0.39 is 6.03 Å². The van der Waals surface area contributed by atoms with Gasteiger partial charge in [0, 0.05) is 41.2 Å². The van der Waals surface area contributed by atoms with Gasteiger partial charge in [-0.15, -0.1) is 0 Å². The second-order valence-corrected chi connectivity index (χ2v) is 8.09. The van der Waals surface area contributed by atoms with Crippen molar-refractivity contribution in [2.75, 3.05) is 28.6 Å². The first kappa shape index (κ1) is 22.0. The first-order chi connectivity index (χ1) is 14.5. The van der Waals surface area contributed by atoms with Gasteiger partial charge in [-0.3, -0.25) is 4.79 Å². The van der Waals surface area contributed by atoms with E-state index in [4.69, 9.17) is 11.6 Å². The lowest BCUT2D eigenvalue weighted by Crippen LogP contribution is -2.35. The molecule has 30 heavy (non-hydrogen) atoms. The Labute approximate surface area is 183 Å². The first-order valence-electron chi connectivity index (χ1n) is 10.5. The molecular formula is C23H29ClN4O2. The SMILES string of the molecule is CCC(C)NC(=O)c1cc(NC(=O)Nc2cccc(Cl)c2)ccc1N1CCCCC1. The second-order valence-electron chi connectivity index (χ2n) is 7.65. The van der Waals surface area contributed by atoms with Crippen molar-refractivity contribution in [3.05, 3.63) is 53.1 Å². The highest BCUT2D eigenvalue weighted by Crippen LogP contribution is 2.27. The number of piperidine rings is 1. The van der Waals surface area contributed by atoms with Gasteiger partial charge in [0.25, 0.3) is 5.91 Å². The van der Waals surface area contributed by atoms with Crippen molar-refractivity contribution in [2.24, 2.45) is 0 Å². The van der Waals surface area contributed by atoms with Gasteiger partial charge in [-0.05, 0) is 69.0 Å². The summed E-state index contributed by atoms with van der Waals surface area (Å²) in [7, 11) is 0. The van der Waals surface area contributed by atoms with Crippen molar-refractivity contribution >= 4 is 40.6 Å². The fourth-order valence-corrected chi connectivity index (χ4v) is 3.66. The van der Waals surface area contributed by atoms with E-state index >= 15 is 0 Å². The smallest absolute Gasteiger partial charge is 0.323 e. The number of rotatable bonds is 6. The quantitative estimate of drug-likeness (QED) is 0.568. The molecule has 3 rings (SSSR count). The lowest BCUT2D eigenvalue weighted by Gasteiger charge is -2.31. The van der Waals surface area contributed by atoms with Crippen LogP contribution in [0.1, 0.15) is 49.9 Å². The van der Waals surface area contributed by atoms with Crippen LogP contribution >= 0.6 is 11.6 Å². The van der Waals surface area contributed by atoms with Gasteiger partial charge in [-0.25, -0.2) is 4.79 Å². The van der Waals surface area contributed by atoms with E-state index in [9.17, 15) is 9.59 Å². The Morgan fingerprint density at radius 3 is 2.40 bits per heavy atom. The molecule has 0 spiro atoms. The number of urea groups is 1. The van der Waals surface area contributed by atoms with Crippen LogP contribution in [0.25, 0.3) is 0 Å². The molecule has 160 valence electrons. The Bertz CT molecular complexity index is 897. The van der Waals surface area contributed by atoms with E-state index in [-0.39, 0.29) is 11.9 Å².